The van der Waals surface area contributed by atoms with E-state index in [4.69, 9.17) is 18.9 Å². The van der Waals surface area contributed by atoms with Crippen molar-refractivity contribution < 1.29 is 28.1 Å². The van der Waals surface area contributed by atoms with Gasteiger partial charge in [0, 0.05) is 31.1 Å². The van der Waals surface area contributed by atoms with Gasteiger partial charge in [-0.2, -0.15) is 0 Å². The van der Waals surface area contributed by atoms with E-state index in [9.17, 15) is 9.18 Å². The molecular formula is C29H30FNO5. The van der Waals surface area contributed by atoms with Gasteiger partial charge in [-0.15, -0.1) is 0 Å². The minimum absolute atomic E-state index is 0.143. The zero-order valence-electron chi connectivity index (χ0n) is 20.8. The molecule has 5 rings (SSSR count). The highest BCUT2D eigenvalue weighted by Gasteiger charge is 2.35. The minimum Gasteiger partial charge on any atom is -0.496 e. The number of fused-ring (bicyclic) bond motifs is 4. The number of carbonyl (C=O) groups excluding carboxylic acids is 1. The summed E-state index contributed by atoms with van der Waals surface area (Å²) in [6, 6.07) is 14.7. The van der Waals surface area contributed by atoms with Crippen LogP contribution in [0.25, 0.3) is 0 Å². The standard InChI is InChI=1S/C29H30FNO5/c1-33-26-8-7-19-14-25-22-16-23(29(32)35-3)27(34-2)15-20(22)9-11-31(25)17-24(19)28(26)36-12-10-18-5-4-6-21(30)13-18/h4-8,13,15-16,25H,9-12,14,17H2,1-3H3. The number of hydrogen-bond donors (Lipinski definition) is 0. The molecule has 0 aromatic heterocycles. The Balaban J connectivity index is 1.43. The van der Waals surface area contributed by atoms with E-state index in [0.717, 1.165) is 41.8 Å². The van der Waals surface area contributed by atoms with Crippen molar-refractivity contribution in [2.24, 2.45) is 0 Å². The third kappa shape index (κ3) is 4.51. The van der Waals surface area contributed by atoms with E-state index in [2.05, 4.69) is 11.0 Å². The molecule has 3 aromatic carbocycles. The summed E-state index contributed by atoms with van der Waals surface area (Å²) in [5.74, 6) is 1.35. The first-order valence-electron chi connectivity index (χ1n) is 12.1. The van der Waals surface area contributed by atoms with E-state index >= 15 is 0 Å². The van der Waals surface area contributed by atoms with E-state index in [0.29, 0.717) is 36.6 Å². The van der Waals surface area contributed by atoms with Crippen LogP contribution in [0.1, 0.15) is 44.2 Å². The highest BCUT2D eigenvalue weighted by molar-refractivity contribution is 5.93. The SMILES string of the molecule is COC(=O)c1cc2c(cc1OC)CCN1Cc3c(ccc(OC)c3OCCc3cccc(F)c3)CC21. The predicted molar refractivity (Wildman–Crippen MR) is 133 cm³/mol. The van der Waals surface area contributed by atoms with Crippen molar-refractivity contribution in [3.05, 3.63) is 87.7 Å². The predicted octanol–water partition coefficient (Wildman–Crippen LogP) is 4.91. The molecule has 1 atom stereocenters. The van der Waals surface area contributed by atoms with Crippen LogP contribution in [0.15, 0.2) is 48.5 Å². The Morgan fingerprint density at radius 1 is 1.03 bits per heavy atom. The summed E-state index contributed by atoms with van der Waals surface area (Å²) in [4.78, 5) is 14.8. The highest BCUT2D eigenvalue weighted by atomic mass is 19.1. The first-order valence-corrected chi connectivity index (χ1v) is 12.1. The lowest BCUT2D eigenvalue weighted by Gasteiger charge is -2.42. The number of rotatable bonds is 7. The molecule has 3 aromatic rings. The zero-order valence-corrected chi connectivity index (χ0v) is 20.8. The molecule has 0 aliphatic carbocycles. The van der Waals surface area contributed by atoms with Crippen LogP contribution in [0.3, 0.4) is 0 Å². The van der Waals surface area contributed by atoms with Gasteiger partial charge in [0.05, 0.1) is 27.9 Å². The number of methoxy groups -OCH3 is 3. The molecule has 1 unspecified atom stereocenters. The highest BCUT2D eigenvalue weighted by Crippen LogP contribution is 2.45. The van der Waals surface area contributed by atoms with Crippen molar-refractivity contribution in [1.29, 1.82) is 0 Å². The smallest absolute Gasteiger partial charge is 0.341 e. The van der Waals surface area contributed by atoms with Crippen molar-refractivity contribution in [2.45, 2.75) is 31.8 Å². The van der Waals surface area contributed by atoms with Crippen LogP contribution < -0.4 is 14.2 Å². The largest absolute Gasteiger partial charge is 0.496 e. The van der Waals surface area contributed by atoms with Crippen LogP contribution in [-0.2, 0) is 30.5 Å². The average molecular weight is 492 g/mol. The molecule has 7 heteroatoms. The third-order valence-electron chi connectivity index (χ3n) is 7.18. The molecule has 0 spiro atoms. The number of nitrogens with zero attached hydrogens (tertiary/aromatic N) is 1. The lowest BCUT2D eigenvalue weighted by atomic mass is 9.83. The topological polar surface area (TPSA) is 57.2 Å². The van der Waals surface area contributed by atoms with Crippen LogP contribution in [0, 0.1) is 5.82 Å². The maximum atomic E-state index is 13.6. The maximum absolute atomic E-state index is 13.6. The maximum Gasteiger partial charge on any atom is 0.341 e. The number of carbonyl (C=O) groups is 1. The van der Waals surface area contributed by atoms with Gasteiger partial charge >= 0.3 is 5.97 Å². The Bertz CT molecular complexity index is 1290. The summed E-state index contributed by atoms with van der Waals surface area (Å²) in [5.41, 5.74) is 5.99. The van der Waals surface area contributed by atoms with Gasteiger partial charge in [-0.3, -0.25) is 4.90 Å². The van der Waals surface area contributed by atoms with Gasteiger partial charge in [0.15, 0.2) is 11.5 Å². The molecule has 0 fully saturated rings. The van der Waals surface area contributed by atoms with Gasteiger partial charge in [0.25, 0.3) is 0 Å². The monoisotopic (exact) mass is 491 g/mol. The molecule has 0 saturated carbocycles. The van der Waals surface area contributed by atoms with Crippen molar-refractivity contribution in [1.82, 2.24) is 4.90 Å². The van der Waals surface area contributed by atoms with Gasteiger partial charge in [0.1, 0.15) is 17.1 Å². The third-order valence-corrected chi connectivity index (χ3v) is 7.18. The lowest BCUT2D eigenvalue weighted by molar-refractivity contribution is 0.0596. The molecule has 188 valence electrons. The Labute approximate surface area is 210 Å². The molecule has 0 radical (unpaired) electrons. The summed E-state index contributed by atoms with van der Waals surface area (Å²) in [6.45, 7) is 2.02. The molecule has 6 nitrogen and oxygen atoms in total. The number of ether oxygens (including phenoxy) is 4. The molecule has 2 aliphatic heterocycles. The van der Waals surface area contributed by atoms with Crippen LogP contribution in [0.2, 0.25) is 0 Å². The summed E-state index contributed by atoms with van der Waals surface area (Å²) in [7, 11) is 4.60. The summed E-state index contributed by atoms with van der Waals surface area (Å²) in [6.07, 6.45) is 2.25. The summed E-state index contributed by atoms with van der Waals surface area (Å²) >= 11 is 0. The Morgan fingerprint density at radius 2 is 1.86 bits per heavy atom. The fourth-order valence-electron chi connectivity index (χ4n) is 5.35. The fourth-order valence-corrected chi connectivity index (χ4v) is 5.35. The van der Waals surface area contributed by atoms with E-state index < -0.39 is 5.97 Å². The normalized spacial score (nSPS) is 16.4. The van der Waals surface area contributed by atoms with Gasteiger partial charge in [-0.05, 0) is 65.4 Å². The first kappa shape index (κ1) is 24.1. The number of benzene rings is 3. The number of halogens is 1. The lowest BCUT2D eigenvalue weighted by Crippen LogP contribution is -2.39. The van der Waals surface area contributed by atoms with E-state index in [-0.39, 0.29) is 11.9 Å². The molecule has 0 saturated heterocycles. The van der Waals surface area contributed by atoms with Crippen molar-refractivity contribution in [2.75, 3.05) is 34.5 Å². The summed E-state index contributed by atoms with van der Waals surface area (Å²) < 4.78 is 35.9. The van der Waals surface area contributed by atoms with Gasteiger partial charge in [-0.1, -0.05) is 18.2 Å². The van der Waals surface area contributed by atoms with Crippen LogP contribution >= 0.6 is 0 Å². The van der Waals surface area contributed by atoms with E-state index in [1.165, 1.54) is 30.4 Å². The molecule has 0 bridgehead atoms. The Morgan fingerprint density at radius 3 is 2.61 bits per heavy atom. The Hall–Kier alpha value is -3.58. The van der Waals surface area contributed by atoms with Gasteiger partial charge in [-0.25, -0.2) is 9.18 Å². The minimum atomic E-state index is -0.401. The van der Waals surface area contributed by atoms with E-state index in [1.54, 1.807) is 20.3 Å². The number of hydrogen-bond acceptors (Lipinski definition) is 6. The van der Waals surface area contributed by atoms with E-state index in [1.807, 2.05) is 24.3 Å². The van der Waals surface area contributed by atoms with Crippen LogP contribution in [0.4, 0.5) is 4.39 Å². The second-order valence-corrected chi connectivity index (χ2v) is 9.15. The second-order valence-electron chi connectivity index (χ2n) is 9.15. The first-order chi connectivity index (χ1) is 17.5. The van der Waals surface area contributed by atoms with Crippen LogP contribution in [-0.4, -0.2) is 45.4 Å². The van der Waals surface area contributed by atoms with Crippen molar-refractivity contribution in [3.63, 3.8) is 0 Å². The van der Waals surface area contributed by atoms with Crippen LogP contribution in [0.5, 0.6) is 17.2 Å². The second kappa shape index (κ2) is 10.2. The fraction of sp³-hybridized carbons (Fsp3) is 0.345. The van der Waals surface area contributed by atoms with Gasteiger partial charge in [0.2, 0.25) is 0 Å². The molecule has 2 aliphatic rings. The number of esters is 1. The summed E-state index contributed by atoms with van der Waals surface area (Å²) in [5, 5.41) is 0. The molecule has 2 heterocycles. The molecule has 36 heavy (non-hydrogen) atoms. The molecule has 0 N–H and O–H groups in total. The van der Waals surface area contributed by atoms with Crippen molar-refractivity contribution >= 4 is 5.97 Å². The average Bonchev–Trinajstić information content (AvgIpc) is 2.90. The Kier molecular flexibility index (Phi) is 6.83. The quantitative estimate of drug-likeness (QED) is 0.438. The van der Waals surface area contributed by atoms with Crippen molar-refractivity contribution in [3.8, 4) is 17.2 Å². The van der Waals surface area contributed by atoms with Gasteiger partial charge < -0.3 is 18.9 Å². The zero-order chi connectivity index (χ0) is 25.2. The molecular weight excluding hydrogens is 461 g/mol. The molecule has 0 amide bonds.